The first-order valence-electron chi connectivity index (χ1n) is 10.9. The lowest BCUT2D eigenvalue weighted by molar-refractivity contribution is -0.116. The van der Waals surface area contributed by atoms with Crippen LogP contribution in [0.5, 0.6) is 11.5 Å². The molecule has 0 aliphatic carbocycles. The Morgan fingerprint density at radius 3 is 2.12 bits per heavy atom. The third-order valence-electron chi connectivity index (χ3n) is 4.79. The van der Waals surface area contributed by atoms with Crippen LogP contribution in [-0.2, 0) is 21.2 Å². The number of aryl methyl sites for hydroxylation is 1. The van der Waals surface area contributed by atoms with Crippen LogP contribution < -0.4 is 19.5 Å². The summed E-state index contributed by atoms with van der Waals surface area (Å²) in [5.74, 6) is 0.655. The SMILES string of the molecule is CCOc1ccc(CCC(=O)Nc2ccc(S(=O)(=O)Nc3ccc(F)cc3)cc2)cc1OCC. The molecule has 180 valence electrons. The number of ether oxygens (including phenoxy) is 2. The van der Waals surface area contributed by atoms with E-state index >= 15 is 0 Å². The van der Waals surface area contributed by atoms with Crippen molar-refractivity contribution in [3.05, 3.63) is 78.1 Å². The Morgan fingerprint density at radius 2 is 1.47 bits per heavy atom. The van der Waals surface area contributed by atoms with Crippen LogP contribution in [-0.4, -0.2) is 27.5 Å². The molecule has 0 bridgehead atoms. The van der Waals surface area contributed by atoms with E-state index in [0.717, 1.165) is 5.56 Å². The quantitative estimate of drug-likeness (QED) is 0.398. The summed E-state index contributed by atoms with van der Waals surface area (Å²) in [5.41, 5.74) is 1.67. The highest BCUT2D eigenvalue weighted by Crippen LogP contribution is 2.29. The normalized spacial score (nSPS) is 11.0. The first-order chi connectivity index (χ1) is 16.3. The van der Waals surface area contributed by atoms with Crippen molar-refractivity contribution in [2.45, 2.75) is 31.6 Å². The summed E-state index contributed by atoms with van der Waals surface area (Å²) < 4.78 is 51.6. The average Bonchev–Trinajstić information content (AvgIpc) is 2.81. The molecule has 0 unspecified atom stereocenters. The van der Waals surface area contributed by atoms with Crippen LogP contribution in [0, 0.1) is 5.82 Å². The zero-order chi connectivity index (χ0) is 24.6. The Hall–Kier alpha value is -3.59. The van der Waals surface area contributed by atoms with Gasteiger partial charge in [0.2, 0.25) is 5.91 Å². The summed E-state index contributed by atoms with van der Waals surface area (Å²) in [6.07, 6.45) is 0.748. The molecular weight excluding hydrogens is 459 g/mol. The smallest absolute Gasteiger partial charge is 0.261 e. The van der Waals surface area contributed by atoms with Crippen LogP contribution in [0.4, 0.5) is 15.8 Å². The van der Waals surface area contributed by atoms with E-state index in [1.54, 1.807) is 0 Å². The second kappa shape index (κ2) is 11.5. The zero-order valence-corrected chi connectivity index (χ0v) is 19.8. The van der Waals surface area contributed by atoms with Gasteiger partial charge in [0, 0.05) is 17.8 Å². The summed E-state index contributed by atoms with van der Waals surface area (Å²) in [4.78, 5) is 12.4. The fraction of sp³-hybridized carbons (Fsp3) is 0.240. The maximum Gasteiger partial charge on any atom is 0.261 e. The van der Waals surface area contributed by atoms with Crippen molar-refractivity contribution in [2.24, 2.45) is 0 Å². The van der Waals surface area contributed by atoms with Crippen LogP contribution in [0.15, 0.2) is 71.6 Å². The van der Waals surface area contributed by atoms with Gasteiger partial charge in [-0.2, -0.15) is 0 Å². The van der Waals surface area contributed by atoms with Crippen molar-refractivity contribution in [1.82, 2.24) is 0 Å². The van der Waals surface area contributed by atoms with Gasteiger partial charge in [-0.15, -0.1) is 0 Å². The molecule has 0 aliphatic heterocycles. The number of benzene rings is 3. The highest BCUT2D eigenvalue weighted by atomic mass is 32.2. The van der Waals surface area contributed by atoms with E-state index in [2.05, 4.69) is 10.0 Å². The maximum atomic E-state index is 13.0. The Labute approximate surface area is 199 Å². The van der Waals surface area contributed by atoms with Crippen molar-refractivity contribution < 1.29 is 27.1 Å². The molecule has 9 heteroatoms. The predicted octanol–water partition coefficient (Wildman–Crippen LogP) is 5.00. The lowest BCUT2D eigenvalue weighted by Crippen LogP contribution is -2.14. The third kappa shape index (κ3) is 6.95. The number of hydrogen-bond acceptors (Lipinski definition) is 5. The van der Waals surface area contributed by atoms with Gasteiger partial charge in [-0.3, -0.25) is 9.52 Å². The van der Waals surface area contributed by atoms with E-state index < -0.39 is 15.8 Å². The predicted molar refractivity (Wildman–Crippen MR) is 129 cm³/mol. The summed E-state index contributed by atoms with van der Waals surface area (Å²) in [6.45, 7) is 4.84. The number of halogens is 1. The number of amides is 1. The standard InChI is InChI=1S/C25H27FN2O5S/c1-3-32-23-15-5-18(17-24(23)33-4-2)6-16-25(29)27-20-11-13-22(14-12-20)34(30,31)28-21-9-7-19(26)8-10-21/h5,7-15,17,28H,3-4,6,16H2,1-2H3,(H,27,29). The average molecular weight is 487 g/mol. The molecule has 0 saturated carbocycles. The zero-order valence-electron chi connectivity index (χ0n) is 19.0. The van der Waals surface area contributed by atoms with Crippen LogP contribution in [0.25, 0.3) is 0 Å². The monoisotopic (exact) mass is 486 g/mol. The molecule has 0 aromatic heterocycles. The molecule has 3 aromatic carbocycles. The summed E-state index contributed by atoms with van der Waals surface area (Å²) in [6, 6.07) is 16.4. The van der Waals surface area contributed by atoms with Gasteiger partial charge in [0.05, 0.1) is 18.1 Å². The summed E-state index contributed by atoms with van der Waals surface area (Å²) in [7, 11) is -3.84. The number of carbonyl (C=O) groups excluding carboxylic acids is 1. The minimum absolute atomic E-state index is 0.0210. The molecule has 0 atom stereocenters. The molecule has 0 radical (unpaired) electrons. The Kier molecular flexibility index (Phi) is 8.48. The van der Waals surface area contributed by atoms with Crippen molar-refractivity contribution in [2.75, 3.05) is 23.3 Å². The van der Waals surface area contributed by atoms with Gasteiger partial charge in [0.15, 0.2) is 11.5 Å². The lowest BCUT2D eigenvalue weighted by Gasteiger charge is -2.12. The highest BCUT2D eigenvalue weighted by Gasteiger charge is 2.15. The lowest BCUT2D eigenvalue weighted by atomic mass is 10.1. The number of hydrogen-bond donors (Lipinski definition) is 2. The first-order valence-corrected chi connectivity index (χ1v) is 12.4. The molecule has 34 heavy (non-hydrogen) atoms. The Balaban J connectivity index is 1.57. The molecule has 3 aromatic rings. The van der Waals surface area contributed by atoms with Crippen molar-refractivity contribution in [3.63, 3.8) is 0 Å². The van der Waals surface area contributed by atoms with Gasteiger partial charge in [0.25, 0.3) is 10.0 Å². The molecule has 0 spiro atoms. The molecule has 0 fully saturated rings. The second-order valence-corrected chi connectivity index (χ2v) is 9.01. The van der Waals surface area contributed by atoms with Crippen LogP contribution in [0.2, 0.25) is 0 Å². The summed E-state index contributed by atoms with van der Waals surface area (Å²) in [5, 5.41) is 2.77. The third-order valence-corrected chi connectivity index (χ3v) is 6.19. The number of rotatable bonds is 11. The van der Waals surface area contributed by atoms with E-state index in [4.69, 9.17) is 9.47 Å². The highest BCUT2D eigenvalue weighted by molar-refractivity contribution is 7.92. The second-order valence-electron chi connectivity index (χ2n) is 7.33. The minimum atomic E-state index is -3.84. The number of sulfonamides is 1. The Morgan fingerprint density at radius 1 is 0.853 bits per heavy atom. The molecule has 3 rings (SSSR count). The van der Waals surface area contributed by atoms with E-state index in [-0.39, 0.29) is 22.9 Å². The topological polar surface area (TPSA) is 93.7 Å². The fourth-order valence-corrected chi connectivity index (χ4v) is 4.24. The molecule has 2 N–H and O–H groups in total. The van der Waals surface area contributed by atoms with Gasteiger partial charge < -0.3 is 14.8 Å². The van der Waals surface area contributed by atoms with Gasteiger partial charge in [-0.25, -0.2) is 12.8 Å². The molecule has 0 aliphatic rings. The van der Waals surface area contributed by atoms with Crippen molar-refractivity contribution in [3.8, 4) is 11.5 Å². The number of carbonyl (C=O) groups is 1. The van der Waals surface area contributed by atoms with Crippen LogP contribution in [0.1, 0.15) is 25.8 Å². The van der Waals surface area contributed by atoms with Gasteiger partial charge in [-0.1, -0.05) is 6.07 Å². The molecular formula is C25H27FN2O5S. The van der Waals surface area contributed by atoms with E-state index in [0.29, 0.717) is 36.8 Å². The molecule has 0 heterocycles. The fourth-order valence-electron chi connectivity index (χ4n) is 3.18. The van der Waals surface area contributed by atoms with Gasteiger partial charge in [0.1, 0.15) is 5.82 Å². The van der Waals surface area contributed by atoms with E-state index in [1.807, 2.05) is 32.0 Å². The van der Waals surface area contributed by atoms with Crippen LogP contribution in [0.3, 0.4) is 0 Å². The largest absolute Gasteiger partial charge is 0.490 e. The Bertz CT molecular complexity index is 1210. The van der Waals surface area contributed by atoms with Crippen molar-refractivity contribution in [1.29, 1.82) is 0 Å². The van der Waals surface area contributed by atoms with E-state index in [9.17, 15) is 17.6 Å². The molecule has 7 nitrogen and oxygen atoms in total. The first kappa shape index (κ1) is 25.0. The minimum Gasteiger partial charge on any atom is -0.490 e. The molecule has 0 saturated heterocycles. The number of nitrogens with one attached hydrogen (secondary N) is 2. The van der Waals surface area contributed by atoms with Gasteiger partial charge >= 0.3 is 0 Å². The number of anilines is 2. The van der Waals surface area contributed by atoms with Crippen LogP contribution >= 0.6 is 0 Å². The molecule has 1 amide bonds. The maximum absolute atomic E-state index is 13.0. The summed E-state index contributed by atoms with van der Waals surface area (Å²) >= 11 is 0. The van der Waals surface area contributed by atoms with Gasteiger partial charge in [-0.05, 0) is 86.5 Å². The van der Waals surface area contributed by atoms with Crippen molar-refractivity contribution >= 4 is 27.3 Å². The van der Waals surface area contributed by atoms with E-state index in [1.165, 1.54) is 48.5 Å².